The van der Waals surface area contributed by atoms with Gasteiger partial charge >= 0.3 is 5.69 Å². The van der Waals surface area contributed by atoms with Gasteiger partial charge in [-0.3, -0.25) is 10.1 Å². The first-order chi connectivity index (χ1) is 8.66. The number of nitrogens with zero attached hydrogens (tertiary/aromatic N) is 2. The molecule has 92 valence electrons. The number of hydrogen-bond donors (Lipinski definition) is 0. The van der Waals surface area contributed by atoms with E-state index in [4.69, 9.17) is 16.3 Å². The average molecular weight is 265 g/mol. The normalized spacial score (nSPS) is 10.1. The molecule has 0 atom stereocenters. The molecule has 18 heavy (non-hydrogen) atoms. The van der Waals surface area contributed by atoms with Gasteiger partial charge in [0.05, 0.1) is 4.92 Å². The van der Waals surface area contributed by atoms with Crippen molar-refractivity contribution in [1.29, 1.82) is 0 Å². The molecule has 0 fully saturated rings. The van der Waals surface area contributed by atoms with Gasteiger partial charge in [-0.1, -0.05) is 23.7 Å². The van der Waals surface area contributed by atoms with Crippen molar-refractivity contribution in [3.63, 3.8) is 0 Å². The summed E-state index contributed by atoms with van der Waals surface area (Å²) in [5.74, 6) is 0.0115. The van der Waals surface area contributed by atoms with Crippen LogP contribution in [0.2, 0.25) is 5.02 Å². The maximum atomic E-state index is 10.7. The van der Waals surface area contributed by atoms with Gasteiger partial charge < -0.3 is 4.74 Å². The monoisotopic (exact) mass is 264 g/mol. The minimum absolute atomic E-state index is 0.0115. The smallest absolute Gasteiger partial charge is 0.330 e. The Kier molecular flexibility index (Phi) is 3.74. The van der Waals surface area contributed by atoms with E-state index in [-0.39, 0.29) is 18.2 Å². The van der Waals surface area contributed by atoms with E-state index in [9.17, 15) is 10.1 Å². The topological polar surface area (TPSA) is 65.3 Å². The number of ether oxygens (including phenoxy) is 1. The van der Waals surface area contributed by atoms with Crippen LogP contribution >= 0.6 is 11.6 Å². The second-order valence-electron chi connectivity index (χ2n) is 3.50. The van der Waals surface area contributed by atoms with Crippen molar-refractivity contribution in [1.82, 2.24) is 4.98 Å². The predicted octanol–water partition coefficient (Wildman–Crippen LogP) is 3.22. The second kappa shape index (κ2) is 5.46. The molecule has 0 N–H and O–H groups in total. The predicted molar refractivity (Wildman–Crippen MR) is 66.7 cm³/mol. The van der Waals surface area contributed by atoms with Gasteiger partial charge in [-0.2, -0.15) is 0 Å². The Hall–Kier alpha value is -2.14. The van der Waals surface area contributed by atoms with Gasteiger partial charge in [-0.25, -0.2) is 4.98 Å². The van der Waals surface area contributed by atoms with Gasteiger partial charge in [0, 0.05) is 17.3 Å². The molecular formula is C12H9ClN2O3. The fourth-order valence-corrected chi connectivity index (χ4v) is 1.49. The Labute approximate surface area is 108 Å². The summed E-state index contributed by atoms with van der Waals surface area (Å²) in [4.78, 5) is 14.1. The van der Waals surface area contributed by atoms with Crippen LogP contribution in [0.1, 0.15) is 5.56 Å². The Balaban J connectivity index is 2.10. The van der Waals surface area contributed by atoms with E-state index in [0.29, 0.717) is 5.02 Å². The highest BCUT2D eigenvalue weighted by Crippen LogP contribution is 2.23. The van der Waals surface area contributed by atoms with Crippen LogP contribution in [0.25, 0.3) is 0 Å². The van der Waals surface area contributed by atoms with Gasteiger partial charge in [0.15, 0.2) is 0 Å². The van der Waals surface area contributed by atoms with E-state index < -0.39 is 4.92 Å². The number of aromatic nitrogens is 1. The molecule has 6 heteroatoms. The van der Waals surface area contributed by atoms with Crippen molar-refractivity contribution >= 4 is 17.3 Å². The van der Waals surface area contributed by atoms with Crippen LogP contribution in [0.3, 0.4) is 0 Å². The van der Waals surface area contributed by atoms with E-state index in [1.807, 2.05) is 0 Å². The standard InChI is InChI=1S/C12H9ClN2O3/c13-10-5-3-9(4-6-10)8-18-12-11(15(16)17)2-1-7-14-12/h1-7H,8H2. The first-order valence-electron chi connectivity index (χ1n) is 5.13. The average Bonchev–Trinajstić information content (AvgIpc) is 2.38. The largest absolute Gasteiger partial charge is 0.468 e. The molecule has 0 aliphatic carbocycles. The summed E-state index contributed by atoms with van der Waals surface area (Å²) in [5, 5.41) is 11.4. The highest BCUT2D eigenvalue weighted by atomic mass is 35.5. The van der Waals surface area contributed by atoms with Crippen LogP contribution < -0.4 is 4.74 Å². The van der Waals surface area contributed by atoms with Crippen molar-refractivity contribution in [2.24, 2.45) is 0 Å². The molecule has 2 rings (SSSR count). The molecule has 1 heterocycles. The fraction of sp³-hybridized carbons (Fsp3) is 0.0833. The summed E-state index contributed by atoms with van der Waals surface area (Å²) < 4.78 is 5.33. The van der Waals surface area contributed by atoms with E-state index in [1.54, 1.807) is 24.3 Å². The molecule has 2 aromatic rings. The highest BCUT2D eigenvalue weighted by Gasteiger charge is 2.15. The van der Waals surface area contributed by atoms with Crippen molar-refractivity contribution < 1.29 is 9.66 Å². The SMILES string of the molecule is O=[N+]([O-])c1cccnc1OCc1ccc(Cl)cc1. The highest BCUT2D eigenvalue weighted by molar-refractivity contribution is 6.30. The molecular weight excluding hydrogens is 256 g/mol. The molecule has 1 aromatic heterocycles. The Morgan fingerprint density at radius 1 is 1.28 bits per heavy atom. The van der Waals surface area contributed by atoms with E-state index in [2.05, 4.69) is 4.98 Å². The van der Waals surface area contributed by atoms with E-state index in [1.165, 1.54) is 18.3 Å². The third kappa shape index (κ3) is 2.95. The lowest BCUT2D eigenvalue weighted by atomic mass is 10.2. The summed E-state index contributed by atoms with van der Waals surface area (Å²) in [6.07, 6.45) is 1.45. The minimum Gasteiger partial charge on any atom is -0.468 e. The summed E-state index contributed by atoms with van der Waals surface area (Å²) in [5.41, 5.74) is 0.714. The van der Waals surface area contributed by atoms with E-state index >= 15 is 0 Å². The minimum atomic E-state index is -0.524. The summed E-state index contributed by atoms with van der Waals surface area (Å²) in [7, 11) is 0. The first-order valence-corrected chi connectivity index (χ1v) is 5.51. The Morgan fingerprint density at radius 3 is 2.67 bits per heavy atom. The fourth-order valence-electron chi connectivity index (χ4n) is 1.36. The number of nitro groups is 1. The Bertz CT molecular complexity index is 558. The molecule has 5 nitrogen and oxygen atoms in total. The zero-order chi connectivity index (χ0) is 13.0. The molecule has 1 aromatic carbocycles. The second-order valence-corrected chi connectivity index (χ2v) is 3.94. The van der Waals surface area contributed by atoms with Gasteiger partial charge in [0.25, 0.3) is 5.88 Å². The van der Waals surface area contributed by atoms with Crippen LogP contribution in [0, 0.1) is 10.1 Å². The lowest BCUT2D eigenvalue weighted by Gasteiger charge is -2.05. The summed E-state index contributed by atoms with van der Waals surface area (Å²) in [6.45, 7) is 0.203. The quantitative estimate of drug-likeness (QED) is 0.628. The zero-order valence-corrected chi connectivity index (χ0v) is 10.0. The Morgan fingerprint density at radius 2 is 2.00 bits per heavy atom. The van der Waals surface area contributed by atoms with Crippen LogP contribution in [0.5, 0.6) is 5.88 Å². The lowest BCUT2D eigenvalue weighted by Crippen LogP contribution is -2.00. The molecule has 0 radical (unpaired) electrons. The van der Waals surface area contributed by atoms with Crippen LogP contribution in [-0.4, -0.2) is 9.91 Å². The number of benzene rings is 1. The van der Waals surface area contributed by atoms with Gasteiger partial charge in [-0.15, -0.1) is 0 Å². The number of halogens is 1. The van der Waals surface area contributed by atoms with E-state index in [0.717, 1.165) is 5.56 Å². The third-order valence-electron chi connectivity index (χ3n) is 2.24. The maximum Gasteiger partial charge on any atom is 0.330 e. The summed E-state index contributed by atoms with van der Waals surface area (Å²) >= 11 is 5.75. The van der Waals surface area contributed by atoms with Crippen molar-refractivity contribution in [2.45, 2.75) is 6.61 Å². The number of pyridine rings is 1. The molecule has 0 bridgehead atoms. The molecule has 0 amide bonds. The van der Waals surface area contributed by atoms with Crippen molar-refractivity contribution in [3.8, 4) is 5.88 Å². The molecule has 0 saturated carbocycles. The van der Waals surface area contributed by atoms with Gasteiger partial charge in [0.1, 0.15) is 6.61 Å². The molecule has 0 aliphatic rings. The lowest BCUT2D eigenvalue weighted by molar-refractivity contribution is -0.386. The maximum absolute atomic E-state index is 10.7. The summed E-state index contributed by atoms with van der Waals surface area (Å²) in [6, 6.07) is 9.88. The van der Waals surface area contributed by atoms with Crippen molar-refractivity contribution in [2.75, 3.05) is 0 Å². The molecule has 0 spiro atoms. The van der Waals surface area contributed by atoms with Gasteiger partial charge in [0.2, 0.25) is 0 Å². The number of hydrogen-bond acceptors (Lipinski definition) is 4. The van der Waals surface area contributed by atoms with Crippen LogP contribution in [0.4, 0.5) is 5.69 Å². The molecule has 0 aliphatic heterocycles. The van der Waals surface area contributed by atoms with Crippen LogP contribution in [-0.2, 0) is 6.61 Å². The zero-order valence-electron chi connectivity index (χ0n) is 9.25. The van der Waals surface area contributed by atoms with Crippen LogP contribution in [0.15, 0.2) is 42.6 Å². The van der Waals surface area contributed by atoms with Gasteiger partial charge in [-0.05, 0) is 23.8 Å². The molecule has 0 unspecified atom stereocenters. The molecule has 0 saturated heterocycles. The van der Waals surface area contributed by atoms with Crippen molar-refractivity contribution in [3.05, 3.63) is 63.3 Å². The first kappa shape index (κ1) is 12.3. The third-order valence-corrected chi connectivity index (χ3v) is 2.49. The number of rotatable bonds is 4.